The molecule has 1 amide bonds. The number of carbonyl (C=O) groups is 1. The number of anilines is 2. The average molecular weight is 443 g/mol. The van der Waals surface area contributed by atoms with Crippen molar-refractivity contribution in [3.63, 3.8) is 0 Å². The molecule has 0 saturated carbocycles. The highest BCUT2D eigenvalue weighted by Gasteiger charge is 2.45. The molecule has 1 saturated heterocycles. The molecule has 1 aromatic rings. The minimum atomic E-state index is -0.223. The molecule has 0 unspecified atom stereocenters. The van der Waals surface area contributed by atoms with E-state index < -0.39 is 0 Å². The highest BCUT2D eigenvalue weighted by atomic mass is 16.2. The first-order valence-electron chi connectivity index (χ1n) is 11.9. The molecular weight excluding hydrogens is 408 g/mol. The Morgan fingerprint density at radius 2 is 2.00 bits per heavy atom. The molecule has 5 heteroatoms. The zero-order valence-electron chi connectivity index (χ0n) is 20.0. The zero-order chi connectivity index (χ0) is 23.4. The summed E-state index contributed by atoms with van der Waals surface area (Å²) < 4.78 is 0. The molecule has 33 heavy (non-hydrogen) atoms. The van der Waals surface area contributed by atoms with Crippen LogP contribution in [-0.2, 0) is 4.79 Å². The van der Waals surface area contributed by atoms with Gasteiger partial charge in [0.15, 0.2) is 0 Å². The van der Waals surface area contributed by atoms with Crippen LogP contribution >= 0.6 is 0 Å². The molecule has 172 valence electrons. The SMILES string of the molecule is C=C(C)N1C(=CC)C2(CCN(C(=O)C(CC)=NC3=CC=CCC=C3)CC2)Nc2ccccc21. The summed E-state index contributed by atoms with van der Waals surface area (Å²) in [5.41, 5.74) is 5.68. The zero-order valence-corrected chi connectivity index (χ0v) is 20.0. The Bertz CT molecular complexity index is 1080. The second-order valence-electron chi connectivity index (χ2n) is 8.83. The molecule has 2 aliphatic heterocycles. The Hall–Kier alpha value is -3.34. The fourth-order valence-electron chi connectivity index (χ4n) is 4.99. The molecule has 0 radical (unpaired) electrons. The molecule has 5 nitrogen and oxygen atoms in total. The first-order valence-corrected chi connectivity index (χ1v) is 11.9. The summed E-state index contributed by atoms with van der Waals surface area (Å²) in [5.74, 6) is 0.0462. The largest absolute Gasteiger partial charge is 0.372 e. The van der Waals surface area contributed by atoms with Crippen molar-refractivity contribution in [3.8, 4) is 0 Å². The summed E-state index contributed by atoms with van der Waals surface area (Å²) in [4.78, 5) is 22.3. The maximum Gasteiger partial charge on any atom is 0.268 e. The molecule has 0 bridgehead atoms. The molecule has 2 heterocycles. The van der Waals surface area contributed by atoms with Crippen LogP contribution in [0, 0.1) is 0 Å². The summed E-state index contributed by atoms with van der Waals surface area (Å²) in [6.45, 7) is 11.8. The lowest BCUT2D eigenvalue weighted by Gasteiger charge is -2.51. The van der Waals surface area contributed by atoms with E-state index in [-0.39, 0.29) is 11.4 Å². The second-order valence-corrected chi connectivity index (χ2v) is 8.83. The van der Waals surface area contributed by atoms with Crippen molar-refractivity contribution in [3.05, 3.63) is 84.4 Å². The Labute approximate surface area is 197 Å². The van der Waals surface area contributed by atoms with E-state index in [4.69, 9.17) is 4.99 Å². The molecule has 3 aliphatic rings. The van der Waals surface area contributed by atoms with E-state index in [2.05, 4.69) is 66.2 Å². The van der Waals surface area contributed by atoms with Crippen LogP contribution in [0.2, 0.25) is 0 Å². The number of piperidine rings is 1. The number of para-hydroxylation sites is 2. The van der Waals surface area contributed by atoms with E-state index in [1.165, 1.54) is 5.70 Å². The van der Waals surface area contributed by atoms with Gasteiger partial charge >= 0.3 is 0 Å². The van der Waals surface area contributed by atoms with Crippen LogP contribution in [0.4, 0.5) is 11.4 Å². The molecule has 1 spiro atoms. The molecule has 1 aliphatic carbocycles. The van der Waals surface area contributed by atoms with Crippen molar-refractivity contribution in [2.45, 2.75) is 52.0 Å². The normalized spacial score (nSPS) is 20.9. The number of hydrogen-bond donors (Lipinski definition) is 1. The third kappa shape index (κ3) is 4.45. The fourth-order valence-corrected chi connectivity index (χ4v) is 4.99. The Balaban J connectivity index is 1.56. The van der Waals surface area contributed by atoms with Gasteiger partial charge in [-0.2, -0.15) is 0 Å². The standard InChI is InChI=1S/C28H34N4O/c1-5-23(29-22-13-9-7-8-10-14-22)27(33)31-19-17-28(18-20-31)26(6-2)32(21(3)4)25-16-12-11-15-24(25)30-28/h6-7,9-16,30H,3,5,8,17-20H2,1-2,4H3. The maximum atomic E-state index is 13.3. The molecule has 0 aromatic heterocycles. The molecule has 4 rings (SSSR count). The Morgan fingerprint density at radius 1 is 1.24 bits per heavy atom. The predicted molar refractivity (Wildman–Crippen MR) is 138 cm³/mol. The first kappa shape index (κ1) is 22.8. The fraction of sp³-hybridized carbons (Fsp3) is 0.357. The van der Waals surface area contributed by atoms with Crippen molar-refractivity contribution in [1.82, 2.24) is 4.90 Å². The van der Waals surface area contributed by atoms with Gasteiger partial charge in [-0.05, 0) is 63.8 Å². The Morgan fingerprint density at radius 3 is 2.70 bits per heavy atom. The van der Waals surface area contributed by atoms with Crippen LogP contribution in [0.25, 0.3) is 0 Å². The number of carbonyl (C=O) groups excluding carboxylic acids is 1. The van der Waals surface area contributed by atoms with Crippen molar-refractivity contribution in [2.75, 3.05) is 23.3 Å². The number of benzene rings is 1. The van der Waals surface area contributed by atoms with Gasteiger partial charge in [-0.1, -0.05) is 49.9 Å². The van der Waals surface area contributed by atoms with Gasteiger partial charge in [0.05, 0.1) is 22.6 Å². The summed E-state index contributed by atoms with van der Waals surface area (Å²) >= 11 is 0. The van der Waals surface area contributed by atoms with Gasteiger partial charge in [0.2, 0.25) is 0 Å². The van der Waals surface area contributed by atoms with Crippen LogP contribution in [-0.4, -0.2) is 35.1 Å². The van der Waals surface area contributed by atoms with Crippen molar-refractivity contribution < 1.29 is 4.79 Å². The minimum Gasteiger partial charge on any atom is -0.372 e. The number of nitrogens with zero attached hydrogens (tertiary/aromatic N) is 3. The topological polar surface area (TPSA) is 47.9 Å². The molecular formula is C28H34N4O. The molecule has 1 fully saturated rings. The highest BCUT2D eigenvalue weighted by Crippen LogP contribution is 2.46. The van der Waals surface area contributed by atoms with Crippen LogP contribution in [0.1, 0.15) is 46.5 Å². The third-order valence-corrected chi connectivity index (χ3v) is 6.62. The number of rotatable bonds is 4. The van der Waals surface area contributed by atoms with Crippen LogP contribution in [0.3, 0.4) is 0 Å². The number of hydrogen-bond acceptors (Lipinski definition) is 4. The van der Waals surface area contributed by atoms with Crippen molar-refractivity contribution >= 4 is 23.0 Å². The van der Waals surface area contributed by atoms with Crippen LogP contribution in [0.5, 0.6) is 0 Å². The van der Waals surface area contributed by atoms with E-state index in [1.807, 2.05) is 37.0 Å². The molecule has 1 N–H and O–H groups in total. The van der Waals surface area contributed by atoms with Crippen molar-refractivity contribution in [2.24, 2.45) is 4.99 Å². The Kier molecular flexibility index (Phi) is 6.68. The maximum absolute atomic E-state index is 13.3. The lowest BCUT2D eigenvalue weighted by molar-refractivity contribution is -0.125. The lowest BCUT2D eigenvalue weighted by Crippen LogP contribution is -2.57. The van der Waals surface area contributed by atoms with Gasteiger partial charge in [0.1, 0.15) is 5.71 Å². The predicted octanol–water partition coefficient (Wildman–Crippen LogP) is 5.97. The van der Waals surface area contributed by atoms with Crippen molar-refractivity contribution in [1.29, 1.82) is 0 Å². The van der Waals surface area contributed by atoms with Gasteiger partial charge in [-0.25, -0.2) is 4.99 Å². The van der Waals surface area contributed by atoms with E-state index >= 15 is 0 Å². The van der Waals surface area contributed by atoms with Crippen LogP contribution in [0.15, 0.2) is 89.4 Å². The van der Waals surface area contributed by atoms with E-state index in [1.54, 1.807) is 0 Å². The molecule has 0 atom stereocenters. The van der Waals surface area contributed by atoms with E-state index in [0.29, 0.717) is 25.2 Å². The monoisotopic (exact) mass is 442 g/mol. The number of nitrogens with one attached hydrogen (secondary N) is 1. The number of amides is 1. The molecule has 1 aromatic carbocycles. The van der Waals surface area contributed by atoms with Gasteiger partial charge in [-0.15, -0.1) is 0 Å². The van der Waals surface area contributed by atoms with Gasteiger partial charge in [0, 0.05) is 24.5 Å². The van der Waals surface area contributed by atoms with Gasteiger partial charge < -0.3 is 15.1 Å². The minimum absolute atomic E-state index is 0.0462. The van der Waals surface area contributed by atoms with Gasteiger partial charge in [-0.3, -0.25) is 4.79 Å². The number of aliphatic imine (C=N–C) groups is 1. The lowest BCUT2D eigenvalue weighted by atomic mass is 9.80. The summed E-state index contributed by atoms with van der Waals surface area (Å²) in [7, 11) is 0. The highest BCUT2D eigenvalue weighted by molar-refractivity contribution is 6.39. The summed E-state index contributed by atoms with van der Waals surface area (Å²) in [6.07, 6.45) is 15.5. The van der Waals surface area contributed by atoms with E-state index in [0.717, 1.165) is 42.0 Å². The number of fused-ring (bicyclic) bond motifs is 1. The number of allylic oxidation sites excluding steroid dienone is 7. The van der Waals surface area contributed by atoms with Crippen LogP contribution < -0.4 is 10.2 Å². The second kappa shape index (κ2) is 9.65. The number of likely N-dealkylation sites (tertiary alicyclic amines) is 1. The first-order chi connectivity index (χ1) is 16.0. The van der Waals surface area contributed by atoms with E-state index in [9.17, 15) is 4.79 Å². The smallest absolute Gasteiger partial charge is 0.268 e. The quantitative estimate of drug-likeness (QED) is 0.585. The average Bonchev–Trinajstić information content (AvgIpc) is 3.10. The van der Waals surface area contributed by atoms with Gasteiger partial charge in [0.25, 0.3) is 5.91 Å². The summed E-state index contributed by atoms with van der Waals surface area (Å²) in [5, 5.41) is 3.83. The summed E-state index contributed by atoms with van der Waals surface area (Å²) in [6, 6.07) is 8.37. The third-order valence-electron chi connectivity index (χ3n) is 6.62.